The van der Waals surface area contributed by atoms with E-state index in [4.69, 9.17) is 17.2 Å². The molecule has 0 aliphatic carbocycles. The van der Waals surface area contributed by atoms with Crippen molar-refractivity contribution in [3.8, 4) is 0 Å². The van der Waals surface area contributed by atoms with E-state index in [1.54, 1.807) is 13.8 Å². The first-order chi connectivity index (χ1) is 14.3. The van der Waals surface area contributed by atoms with E-state index in [0.29, 0.717) is 6.42 Å². The van der Waals surface area contributed by atoms with Crippen molar-refractivity contribution >= 4 is 29.7 Å². The third-order valence-corrected chi connectivity index (χ3v) is 4.36. The van der Waals surface area contributed by atoms with Crippen LogP contribution in [-0.4, -0.2) is 66.0 Å². The Morgan fingerprint density at radius 1 is 0.968 bits per heavy atom. The van der Waals surface area contributed by atoms with Crippen LogP contribution < -0.4 is 33.2 Å². The number of nitrogens with zero attached hydrogens (tertiary/aromatic N) is 1. The maximum Gasteiger partial charge on any atom is 0.326 e. The molecule has 0 aliphatic heterocycles. The normalized spacial score (nSPS) is 13.8. The molecule has 0 heterocycles. The summed E-state index contributed by atoms with van der Waals surface area (Å²) in [5.74, 6) is -3.07. The molecule has 3 atom stereocenters. The predicted octanol–water partition coefficient (Wildman–Crippen LogP) is -1.76. The number of hydrogen-bond acceptors (Lipinski definition) is 6. The quantitative estimate of drug-likeness (QED) is 0.0924. The number of amides is 3. The highest BCUT2D eigenvalue weighted by molar-refractivity contribution is 5.92. The largest absolute Gasteiger partial charge is 0.480 e. The van der Waals surface area contributed by atoms with Gasteiger partial charge in [0.15, 0.2) is 5.96 Å². The molecule has 3 unspecified atom stereocenters. The molecule has 12 heteroatoms. The lowest BCUT2D eigenvalue weighted by Gasteiger charge is -2.22. The Morgan fingerprint density at radius 3 is 2.06 bits per heavy atom. The molecule has 0 saturated carbocycles. The molecule has 0 radical (unpaired) electrons. The lowest BCUT2D eigenvalue weighted by atomic mass is 10.0. The molecular weight excluding hydrogens is 406 g/mol. The summed E-state index contributed by atoms with van der Waals surface area (Å²) >= 11 is 0. The summed E-state index contributed by atoms with van der Waals surface area (Å²) in [7, 11) is 0. The fourth-order valence-electron chi connectivity index (χ4n) is 2.57. The second kappa shape index (κ2) is 14.2. The van der Waals surface area contributed by atoms with Crippen LogP contribution in [0, 0.1) is 11.8 Å². The minimum atomic E-state index is -1.16. The van der Waals surface area contributed by atoms with Crippen molar-refractivity contribution < 1.29 is 24.3 Å². The van der Waals surface area contributed by atoms with E-state index >= 15 is 0 Å². The third kappa shape index (κ3) is 12.4. The number of guanidine groups is 1. The molecule has 31 heavy (non-hydrogen) atoms. The van der Waals surface area contributed by atoms with Gasteiger partial charge in [-0.1, -0.05) is 27.7 Å². The number of carboxylic acid groups (broad SMARTS) is 1. The van der Waals surface area contributed by atoms with E-state index in [0.717, 1.165) is 0 Å². The molecule has 12 nitrogen and oxygen atoms in total. The molecule has 0 saturated heterocycles. The Bertz CT molecular complexity index is 648. The second-order valence-corrected chi connectivity index (χ2v) is 8.09. The smallest absolute Gasteiger partial charge is 0.326 e. The molecule has 178 valence electrons. The minimum absolute atomic E-state index is 0.0386. The summed E-state index contributed by atoms with van der Waals surface area (Å²) in [5.41, 5.74) is 16.3. The van der Waals surface area contributed by atoms with Crippen LogP contribution in [0.1, 0.15) is 47.0 Å². The first kappa shape index (κ1) is 28.1. The van der Waals surface area contributed by atoms with Crippen molar-refractivity contribution in [1.29, 1.82) is 0 Å². The van der Waals surface area contributed by atoms with Gasteiger partial charge in [0.2, 0.25) is 17.7 Å². The van der Waals surface area contributed by atoms with Crippen LogP contribution in [0.5, 0.6) is 0 Å². The average molecular weight is 444 g/mol. The Kier molecular flexibility index (Phi) is 12.9. The van der Waals surface area contributed by atoms with Gasteiger partial charge in [0.05, 0.1) is 12.6 Å². The zero-order chi connectivity index (χ0) is 24.1. The summed E-state index contributed by atoms with van der Waals surface area (Å²) < 4.78 is 0. The van der Waals surface area contributed by atoms with Gasteiger partial charge < -0.3 is 38.3 Å². The van der Waals surface area contributed by atoms with Gasteiger partial charge in [-0.2, -0.15) is 0 Å². The Hall–Kier alpha value is -2.89. The SMILES string of the molecule is CC(C)CC(NC(=O)C(CCCN=C(N)N)NC(=O)CNC(=O)C(N)C(C)C)C(=O)O. The molecule has 0 spiro atoms. The van der Waals surface area contributed by atoms with E-state index in [1.165, 1.54) is 0 Å². The van der Waals surface area contributed by atoms with Crippen molar-refractivity contribution in [3.63, 3.8) is 0 Å². The van der Waals surface area contributed by atoms with Gasteiger partial charge in [0.25, 0.3) is 0 Å². The Labute approximate surface area is 182 Å². The molecule has 0 aliphatic rings. The summed E-state index contributed by atoms with van der Waals surface area (Å²) in [6.45, 7) is 7.08. The summed E-state index contributed by atoms with van der Waals surface area (Å²) in [4.78, 5) is 52.1. The first-order valence-corrected chi connectivity index (χ1v) is 10.3. The number of carboxylic acids is 1. The molecule has 0 aromatic rings. The molecule has 0 aromatic carbocycles. The number of rotatable bonds is 14. The van der Waals surface area contributed by atoms with Gasteiger partial charge >= 0.3 is 5.97 Å². The highest BCUT2D eigenvalue weighted by atomic mass is 16.4. The number of hydrogen-bond donors (Lipinski definition) is 7. The zero-order valence-electron chi connectivity index (χ0n) is 18.7. The van der Waals surface area contributed by atoms with Gasteiger partial charge in [-0.15, -0.1) is 0 Å². The van der Waals surface area contributed by atoms with Gasteiger partial charge in [-0.05, 0) is 31.1 Å². The van der Waals surface area contributed by atoms with Crippen molar-refractivity contribution in [2.45, 2.75) is 65.1 Å². The fourth-order valence-corrected chi connectivity index (χ4v) is 2.57. The molecule has 0 bridgehead atoms. The van der Waals surface area contributed by atoms with Crippen molar-refractivity contribution in [2.24, 2.45) is 34.0 Å². The topological polar surface area (TPSA) is 215 Å². The van der Waals surface area contributed by atoms with E-state index in [2.05, 4.69) is 20.9 Å². The molecule has 0 aromatic heterocycles. The minimum Gasteiger partial charge on any atom is -0.480 e. The van der Waals surface area contributed by atoms with Gasteiger partial charge in [-0.25, -0.2) is 4.79 Å². The highest BCUT2D eigenvalue weighted by Crippen LogP contribution is 2.07. The van der Waals surface area contributed by atoms with Crippen molar-refractivity contribution in [1.82, 2.24) is 16.0 Å². The van der Waals surface area contributed by atoms with Gasteiger partial charge in [0.1, 0.15) is 12.1 Å². The number of aliphatic imine (C=N–C) groups is 1. The number of carbonyl (C=O) groups is 4. The van der Waals surface area contributed by atoms with E-state index in [1.807, 2.05) is 13.8 Å². The molecule has 0 rings (SSSR count). The van der Waals surface area contributed by atoms with Crippen LogP contribution in [0.4, 0.5) is 0 Å². The number of nitrogens with two attached hydrogens (primary N) is 3. The van der Waals surface area contributed by atoms with E-state index in [9.17, 15) is 24.3 Å². The average Bonchev–Trinajstić information content (AvgIpc) is 2.66. The van der Waals surface area contributed by atoms with Crippen LogP contribution in [0.2, 0.25) is 0 Å². The lowest BCUT2D eigenvalue weighted by molar-refractivity contribution is -0.142. The summed E-state index contributed by atoms with van der Waals surface area (Å²) in [5, 5.41) is 16.7. The van der Waals surface area contributed by atoms with Crippen LogP contribution in [-0.2, 0) is 19.2 Å². The Balaban J connectivity index is 5.07. The third-order valence-electron chi connectivity index (χ3n) is 4.36. The zero-order valence-corrected chi connectivity index (χ0v) is 18.7. The predicted molar refractivity (Wildman–Crippen MR) is 117 cm³/mol. The summed E-state index contributed by atoms with van der Waals surface area (Å²) in [6.07, 6.45) is 0.767. The molecule has 10 N–H and O–H groups in total. The summed E-state index contributed by atoms with van der Waals surface area (Å²) in [6, 6.07) is -2.88. The maximum atomic E-state index is 12.7. The maximum absolute atomic E-state index is 12.7. The number of aliphatic carboxylic acids is 1. The van der Waals surface area contributed by atoms with Crippen LogP contribution in [0.15, 0.2) is 4.99 Å². The highest BCUT2D eigenvalue weighted by Gasteiger charge is 2.27. The standard InChI is InChI=1S/C19H37N7O5/c1-10(2)8-13(18(30)31)26-16(28)12(6-5-7-23-19(21)22)25-14(27)9-24-17(29)15(20)11(3)4/h10-13,15H,5-9,20H2,1-4H3,(H,24,29)(H,25,27)(H,26,28)(H,30,31)(H4,21,22,23). The molecular formula is C19H37N7O5. The van der Waals surface area contributed by atoms with Crippen LogP contribution >= 0.6 is 0 Å². The van der Waals surface area contributed by atoms with Crippen molar-refractivity contribution in [3.05, 3.63) is 0 Å². The van der Waals surface area contributed by atoms with E-state index < -0.39 is 41.8 Å². The lowest BCUT2D eigenvalue weighted by Crippen LogP contribution is -2.54. The van der Waals surface area contributed by atoms with Crippen LogP contribution in [0.3, 0.4) is 0 Å². The number of nitrogens with one attached hydrogen (secondary N) is 3. The van der Waals surface area contributed by atoms with Crippen LogP contribution in [0.25, 0.3) is 0 Å². The first-order valence-electron chi connectivity index (χ1n) is 10.3. The Morgan fingerprint density at radius 2 is 1.58 bits per heavy atom. The van der Waals surface area contributed by atoms with E-state index in [-0.39, 0.29) is 43.7 Å². The molecule has 3 amide bonds. The van der Waals surface area contributed by atoms with Gasteiger partial charge in [0, 0.05) is 6.54 Å². The number of carbonyl (C=O) groups excluding carboxylic acids is 3. The van der Waals surface area contributed by atoms with Crippen molar-refractivity contribution in [2.75, 3.05) is 13.1 Å². The molecule has 0 fully saturated rings. The van der Waals surface area contributed by atoms with Gasteiger partial charge in [-0.3, -0.25) is 19.4 Å². The monoisotopic (exact) mass is 443 g/mol. The fraction of sp³-hybridized carbons (Fsp3) is 0.737. The second-order valence-electron chi connectivity index (χ2n) is 8.09.